The molecule has 11 heavy (non-hydrogen) atoms. The van der Waals surface area contributed by atoms with Crippen LogP contribution in [0.3, 0.4) is 0 Å². The first-order valence-corrected chi connectivity index (χ1v) is 2.88. The average Bonchev–Trinajstić information content (AvgIpc) is 1.88. The Bertz CT molecular complexity index is 225. The predicted octanol–water partition coefficient (Wildman–Crippen LogP) is -3.62. The minimum atomic E-state index is -1.06. The quantitative estimate of drug-likeness (QED) is 0.418. The summed E-state index contributed by atoms with van der Waals surface area (Å²) in [5.74, 6) is -1.06. The van der Waals surface area contributed by atoms with Gasteiger partial charge >= 0.3 is 29.6 Å². The van der Waals surface area contributed by atoms with Crippen LogP contribution >= 0.6 is 0 Å². The Morgan fingerprint density at radius 3 is 2.45 bits per heavy atom. The summed E-state index contributed by atoms with van der Waals surface area (Å²) in [4.78, 5) is 13.8. The number of carbonyl (C=O) groups excluding carboxylic acids is 1. The summed E-state index contributed by atoms with van der Waals surface area (Å²) in [6.45, 7) is 0. The fraction of sp³-hybridized carbons (Fsp3) is 0.143. The van der Waals surface area contributed by atoms with Crippen LogP contribution in [-0.4, -0.2) is 11.0 Å². The Morgan fingerprint density at radius 2 is 2.00 bits per heavy atom. The Labute approximate surface area is 86.8 Å². The smallest absolute Gasteiger partial charge is 0.550 e. The Hall–Kier alpha value is -0.380. The number of pyridine rings is 1. The van der Waals surface area contributed by atoms with Crippen LogP contribution < -0.4 is 34.7 Å². The van der Waals surface area contributed by atoms with E-state index < -0.39 is 5.97 Å². The van der Waals surface area contributed by atoms with Gasteiger partial charge in [0.05, 0.1) is 0 Å². The number of hydrogen-bond acceptors (Lipinski definition) is 3. The topological polar surface area (TPSA) is 53.0 Å². The molecule has 0 fully saturated rings. The predicted molar refractivity (Wildman–Crippen MR) is 32.9 cm³/mol. The summed E-state index contributed by atoms with van der Waals surface area (Å²) in [5.41, 5.74) is 0.718. The van der Waals surface area contributed by atoms with Gasteiger partial charge in [-0.05, 0) is 17.7 Å². The molecule has 0 atom stereocenters. The van der Waals surface area contributed by atoms with Crippen molar-refractivity contribution in [2.75, 3.05) is 0 Å². The van der Waals surface area contributed by atoms with Gasteiger partial charge in [-0.25, -0.2) is 0 Å². The Morgan fingerprint density at radius 1 is 1.45 bits per heavy atom. The molecule has 0 aliphatic carbocycles. The van der Waals surface area contributed by atoms with E-state index in [9.17, 15) is 9.90 Å². The summed E-state index contributed by atoms with van der Waals surface area (Å²) in [7, 11) is 0. The molecule has 0 aromatic carbocycles. The van der Waals surface area contributed by atoms with Crippen molar-refractivity contribution in [1.82, 2.24) is 4.98 Å². The molecule has 3 nitrogen and oxygen atoms in total. The first-order chi connectivity index (χ1) is 4.79. The molecular weight excluding hydrogens is 153 g/mol. The van der Waals surface area contributed by atoms with Crippen molar-refractivity contribution in [2.45, 2.75) is 6.42 Å². The SMILES string of the molecule is O=C([O-])Cc1ccncc1.[Na+]. The van der Waals surface area contributed by atoms with E-state index >= 15 is 0 Å². The number of carboxylic acid groups (broad SMARTS) is 1. The molecule has 1 heterocycles. The third-order valence-electron chi connectivity index (χ3n) is 1.10. The molecule has 0 bridgehead atoms. The number of carboxylic acids is 1. The fourth-order valence-electron chi connectivity index (χ4n) is 0.667. The van der Waals surface area contributed by atoms with Crippen LogP contribution in [0.5, 0.6) is 0 Å². The van der Waals surface area contributed by atoms with E-state index in [4.69, 9.17) is 0 Å². The number of carbonyl (C=O) groups is 1. The molecule has 1 aromatic heterocycles. The summed E-state index contributed by atoms with van der Waals surface area (Å²) >= 11 is 0. The molecule has 1 aromatic rings. The maximum absolute atomic E-state index is 10.0. The molecule has 1 rings (SSSR count). The van der Waals surface area contributed by atoms with E-state index in [2.05, 4.69) is 4.98 Å². The van der Waals surface area contributed by atoms with Gasteiger partial charge in [-0.1, -0.05) is 0 Å². The molecule has 0 radical (unpaired) electrons. The molecule has 0 unspecified atom stereocenters. The zero-order valence-corrected chi connectivity index (χ0v) is 8.28. The van der Waals surface area contributed by atoms with Crippen molar-refractivity contribution in [2.24, 2.45) is 0 Å². The number of aromatic nitrogens is 1. The van der Waals surface area contributed by atoms with E-state index in [0.29, 0.717) is 0 Å². The molecule has 0 amide bonds. The first-order valence-electron chi connectivity index (χ1n) is 2.88. The van der Waals surface area contributed by atoms with E-state index in [1.165, 1.54) is 0 Å². The second-order valence-electron chi connectivity index (χ2n) is 1.90. The van der Waals surface area contributed by atoms with Gasteiger partial charge < -0.3 is 9.90 Å². The minimum Gasteiger partial charge on any atom is -0.550 e. The van der Waals surface area contributed by atoms with Gasteiger partial charge in [-0.15, -0.1) is 0 Å². The van der Waals surface area contributed by atoms with Gasteiger partial charge in [-0.2, -0.15) is 0 Å². The van der Waals surface area contributed by atoms with Crippen LogP contribution in [0.1, 0.15) is 5.56 Å². The van der Waals surface area contributed by atoms with Gasteiger partial charge in [0.15, 0.2) is 0 Å². The van der Waals surface area contributed by atoms with Crippen LogP contribution in [0.2, 0.25) is 0 Å². The van der Waals surface area contributed by atoms with Crippen molar-refractivity contribution in [3.63, 3.8) is 0 Å². The number of rotatable bonds is 2. The van der Waals surface area contributed by atoms with Crippen LogP contribution in [0.15, 0.2) is 24.5 Å². The van der Waals surface area contributed by atoms with Crippen LogP contribution in [0, 0.1) is 0 Å². The zero-order valence-electron chi connectivity index (χ0n) is 6.28. The van der Waals surface area contributed by atoms with Gasteiger partial charge in [0.1, 0.15) is 0 Å². The Balaban J connectivity index is 0.000001000. The molecule has 0 aliphatic rings. The van der Waals surface area contributed by atoms with E-state index in [0.717, 1.165) is 5.56 Å². The standard InChI is InChI=1S/C7H7NO2.Na/c9-7(10)5-6-1-3-8-4-2-6;/h1-4H,5H2,(H,9,10);/q;+1/p-1. The van der Waals surface area contributed by atoms with Crippen molar-refractivity contribution in [3.8, 4) is 0 Å². The van der Waals surface area contributed by atoms with Gasteiger partial charge in [0.2, 0.25) is 0 Å². The average molecular weight is 159 g/mol. The maximum atomic E-state index is 10.0. The largest absolute Gasteiger partial charge is 1.00 e. The van der Waals surface area contributed by atoms with Gasteiger partial charge in [-0.3, -0.25) is 4.98 Å². The van der Waals surface area contributed by atoms with E-state index in [1.807, 2.05) is 0 Å². The van der Waals surface area contributed by atoms with Crippen molar-refractivity contribution in [1.29, 1.82) is 0 Å². The fourth-order valence-corrected chi connectivity index (χ4v) is 0.667. The third kappa shape index (κ3) is 4.14. The van der Waals surface area contributed by atoms with E-state index in [1.54, 1.807) is 24.5 Å². The monoisotopic (exact) mass is 159 g/mol. The normalized spacial score (nSPS) is 8.36. The van der Waals surface area contributed by atoms with Crippen molar-refractivity contribution in [3.05, 3.63) is 30.1 Å². The minimum absolute atomic E-state index is 0. The zero-order chi connectivity index (χ0) is 7.40. The number of hydrogen-bond donors (Lipinski definition) is 0. The van der Waals surface area contributed by atoms with Gasteiger partial charge in [0, 0.05) is 24.8 Å². The molecular formula is C7H6NNaO2. The second kappa shape index (κ2) is 5.29. The van der Waals surface area contributed by atoms with Crippen molar-refractivity contribution < 1.29 is 39.5 Å². The number of nitrogens with zero attached hydrogens (tertiary/aromatic N) is 1. The summed E-state index contributed by atoms with van der Waals surface area (Å²) < 4.78 is 0. The molecule has 52 valence electrons. The molecule has 0 N–H and O–H groups in total. The number of aliphatic carboxylic acids is 1. The van der Waals surface area contributed by atoms with Crippen molar-refractivity contribution >= 4 is 5.97 Å². The summed E-state index contributed by atoms with van der Waals surface area (Å²) in [6.07, 6.45) is 3.07. The maximum Gasteiger partial charge on any atom is 1.00 e. The molecule has 0 saturated heterocycles. The molecule has 0 aliphatic heterocycles. The first kappa shape index (κ1) is 10.6. The second-order valence-corrected chi connectivity index (χ2v) is 1.90. The van der Waals surface area contributed by atoms with Crippen LogP contribution in [-0.2, 0) is 11.2 Å². The summed E-state index contributed by atoms with van der Waals surface area (Å²) in [5, 5.41) is 10.0. The van der Waals surface area contributed by atoms with Crippen LogP contribution in [0.4, 0.5) is 0 Å². The van der Waals surface area contributed by atoms with Crippen LogP contribution in [0.25, 0.3) is 0 Å². The third-order valence-corrected chi connectivity index (χ3v) is 1.10. The van der Waals surface area contributed by atoms with Gasteiger partial charge in [0.25, 0.3) is 0 Å². The molecule has 0 saturated carbocycles. The molecule has 4 heteroatoms. The Kier molecular flexibility index (Phi) is 5.11. The molecule has 0 spiro atoms. The summed E-state index contributed by atoms with van der Waals surface area (Å²) in [6, 6.07) is 3.30. The van der Waals surface area contributed by atoms with E-state index in [-0.39, 0.29) is 36.0 Å².